The van der Waals surface area contributed by atoms with E-state index in [2.05, 4.69) is 29.4 Å². The molecule has 0 N–H and O–H groups in total. The summed E-state index contributed by atoms with van der Waals surface area (Å²) >= 11 is 0. The molecule has 0 saturated heterocycles. The number of hydrogen-bond acceptors (Lipinski definition) is 2. The van der Waals surface area contributed by atoms with Crippen LogP contribution in [0.5, 0.6) is 0 Å². The van der Waals surface area contributed by atoms with Crippen LogP contribution in [0.1, 0.15) is 23.2 Å². The number of para-hydroxylation sites is 1. The van der Waals surface area contributed by atoms with Gasteiger partial charge in [0.2, 0.25) is 0 Å². The van der Waals surface area contributed by atoms with Gasteiger partial charge in [0.05, 0.1) is 11.4 Å². The number of aromatic nitrogens is 2. The number of rotatable bonds is 2. The maximum Gasteiger partial charge on any atom is 0.163 e. The lowest BCUT2D eigenvalue weighted by atomic mass is 10.0. The van der Waals surface area contributed by atoms with Gasteiger partial charge < -0.3 is 0 Å². The Bertz CT molecular complexity index is 869. The molecule has 106 valence electrons. The van der Waals surface area contributed by atoms with Crippen LogP contribution in [0.25, 0.3) is 16.9 Å². The Kier molecular flexibility index (Phi) is 3.01. The normalized spacial score (nSPS) is 12.9. The van der Waals surface area contributed by atoms with Crippen LogP contribution >= 0.6 is 0 Å². The highest BCUT2D eigenvalue weighted by Crippen LogP contribution is 2.29. The molecule has 1 aromatic heterocycles. The lowest BCUT2D eigenvalue weighted by molar-refractivity contribution is 0.880. The second-order valence-corrected chi connectivity index (χ2v) is 5.61. The molecule has 1 aliphatic carbocycles. The van der Waals surface area contributed by atoms with E-state index >= 15 is 0 Å². The minimum Gasteiger partial charge on any atom is -0.232 e. The lowest BCUT2D eigenvalue weighted by Crippen LogP contribution is -1.99. The minimum absolute atomic E-state index is 0.444. The predicted octanol–water partition coefficient (Wildman–Crippen LogP) is 3.90. The molecule has 3 heteroatoms. The first kappa shape index (κ1) is 12.8. The molecule has 0 atom stereocenters. The third kappa shape index (κ3) is 2.10. The van der Waals surface area contributed by atoms with E-state index in [4.69, 9.17) is 0 Å². The van der Waals surface area contributed by atoms with Gasteiger partial charge in [-0.05, 0) is 48.6 Å². The highest BCUT2D eigenvalue weighted by atomic mass is 15.3. The molecule has 2 aromatic carbocycles. The zero-order chi connectivity index (χ0) is 14.9. The molecule has 0 saturated carbocycles. The molecule has 3 aromatic rings. The second-order valence-electron chi connectivity index (χ2n) is 5.61. The Morgan fingerprint density at radius 1 is 0.955 bits per heavy atom. The molecule has 0 fully saturated rings. The van der Waals surface area contributed by atoms with Gasteiger partial charge >= 0.3 is 0 Å². The fraction of sp³-hybridized carbons (Fsp3) is 0.158. The zero-order valence-electron chi connectivity index (χ0n) is 12.2. The number of fused-ring (bicyclic) bond motifs is 1. The van der Waals surface area contributed by atoms with Gasteiger partial charge in [-0.25, -0.2) is 4.68 Å². The van der Waals surface area contributed by atoms with Crippen LogP contribution in [0, 0.1) is 11.3 Å². The maximum absolute atomic E-state index is 9.20. The molecule has 3 nitrogen and oxygen atoms in total. The molecular weight excluding hydrogens is 270 g/mol. The molecule has 0 bridgehead atoms. The van der Waals surface area contributed by atoms with Crippen molar-refractivity contribution in [2.75, 3.05) is 0 Å². The van der Waals surface area contributed by atoms with Crippen LogP contribution in [-0.2, 0) is 12.8 Å². The summed E-state index contributed by atoms with van der Waals surface area (Å²) in [6.45, 7) is 0. The standard InChI is InChI=1S/C19H15N3/c20-13-17-12-19(22(21-17)18-7-2-1-3-8-18)16-10-9-14-5-4-6-15(14)11-16/h1-3,7-12H,4-6H2. The molecule has 0 amide bonds. The van der Waals surface area contributed by atoms with Crippen molar-refractivity contribution in [1.82, 2.24) is 9.78 Å². The van der Waals surface area contributed by atoms with Gasteiger partial charge in [-0.1, -0.05) is 30.3 Å². The van der Waals surface area contributed by atoms with Gasteiger partial charge in [0.1, 0.15) is 6.07 Å². The Balaban J connectivity index is 1.88. The Labute approximate surface area is 129 Å². The van der Waals surface area contributed by atoms with Crippen LogP contribution in [0.4, 0.5) is 0 Å². The molecule has 0 unspecified atom stereocenters. The fourth-order valence-corrected chi connectivity index (χ4v) is 3.14. The number of aryl methyl sites for hydroxylation is 2. The molecule has 22 heavy (non-hydrogen) atoms. The van der Waals surface area contributed by atoms with Crippen molar-refractivity contribution in [3.05, 3.63) is 71.4 Å². The van der Waals surface area contributed by atoms with E-state index in [0.717, 1.165) is 23.4 Å². The average molecular weight is 285 g/mol. The van der Waals surface area contributed by atoms with Gasteiger partial charge in [0, 0.05) is 11.6 Å². The summed E-state index contributed by atoms with van der Waals surface area (Å²) in [5.41, 5.74) is 6.39. The Morgan fingerprint density at radius 2 is 1.77 bits per heavy atom. The van der Waals surface area contributed by atoms with E-state index in [1.807, 2.05) is 41.1 Å². The van der Waals surface area contributed by atoms with Gasteiger partial charge in [0.15, 0.2) is 5.69 Å². The van der Waals surface area contributed by atoms with Crippen molar-refractivity contribution in [2.45, 2.75) is 19.3 Å². The molecule has 0 radical (unpaired) electrons. The quantitative estimate of drug-likeness (QED) is 0.716. The average Bonchev–Trinajstić information content (AvgIpc) is 3.21. The van der Waals surface area contributed by atoms with E-state index in [9.17, 15) is 5.26 Å². The molecule has 1 heterocycles. The smallest absolute Gasteiger partial charge is 0.163 e. The first-order valence-corrected chi connectivity index (χ1v) is 7.53. The highest BCUT2D eigenvalue weighted by Gasteiger charge is 2.15. The molecule has 0 aliphatic heterocycles. The third-order valence-corrected chi connectivity index (χ3v) is 4.22. The van der Waals surface area contributed by atoms with Crippen LogP contribution in [0.2, 0.25) is 0 Å². The van der Waals surface area contributed by atoms with Gasteiger partial charge in [-0.2, -0.15) is 10.4 Å². The van der Waals surface area contributed by atoms with E-state index < -0.39 is 0 Å². The van der Waals surface area contributed by atoms with Crippen LogP contribution in [0.15, 0.2) is 54.6 Å². The van der Waals surface area contributed by atoms with Gasteiger partial charge in [-0.15, -0.1) is 0 Å². The van der Waals surface area contributed by atoms with Crippen molar-refractivity contribution in [3.8, 4) is 23.0 Å². The number of nitrogens with zero attached hydrogens (tertiary/aromatic N) is 3. The summed E-state index contributed by atoms with van der Waals surface area (Å²) in [4.78, 5) is 0. The minimum atomic E-state index is 0.444. The van der Waals surface area contributed by atoms with Gasteiger partial charge in [0.25, 0.3) is 0 Å². The predicted molar refractivity (Wildman–Crippen MR) is 85.7 cm³/mol. The number of benzene rings is 2. The van der Waals surface area contributed by atoms with Crippen LogP contribution in [0.3, 0.4) is 0 Å². The van der Waals surface area contributed by atoms with E-state index in [1.54, 1.807) is 0 Å². The first-order valence-electron chi connectivity index (χ1n) is 7.53. The Morgan fingerprint density at radius 3 is 2.59 bits per heavy atom. The number of hydrogen-bond donors (Lipinski definition) is 0. The Hall–Kier alpha value is -2.86. The van der Waals surface area contributed by atoms with Crippen molar-refractivity contribution >= 4 is 0 Å². The topological polar surface area (TPSA) is 41.6 Å². The van der Waals surface area contributed by atoms with E-state index in [-0.39, 0.29) is 0 Å². The maximum atomic E-state index is 9.20. The zero-order valence-corrected chi connectivity index (χ0v) is 12.2. The van der Waals surface area contributed by atoms with Crippen LogP contribution in [-0.4, -0.2) is 9.78 Å². The van der Waals surface area contributed by atoms with Crippen molar-refractivity contribution in [2.24, 2.45) is 0 Å². The first-order chi connectivity index (χ1) is 10.8. The summed E-state index contributed by atoms with van der Waals surface area (Å²) in [5.74, 6) is 0. The van der Waals surface area contributed by atoms with Crippen molar-refractivity contribution < 1.29 is 0 Å². The fourth-order valence-electron chi connectivity index (χ4n) is 3.14. The SMILES string of the molecule is N#Cc1cc(-c2ccc3c(c2)CCC3)n(-c2ccccc2)n1. The summed E-state index contributed by atoms with van der Waals surface area (Å²) in [5, 5.41) is 13.6. The molecule has 4 rings (SSSR count). The summed E-state index contributed by atoms with van der Waals surface area (Å²) < 4.78 is 1.86. The number of nitriles is 1. The lowest BCUT2D eigenvalue weighted by Gasteiger charge is -2.09. The van der Waals surface area contributed by atoms with E-state index in [0.29, 0.717) is 5.69 Å². The van der Waals surface area contributed by atoms with Crippen LogP contribution < -0.4 is 0 Å². The monoisotopic (exact) mass is 285 g/mol. The third-order valence-electron chi connectivity index (χ3n) is 4.22. The van der Waals surface area contributed by atoms with Gasteiger partial charge in [-0.3, -0.25) is 0 Å². The highest BCUT2D eigenvalue weighted by molar-refractivity contribution is 5.65. The summed E-state index contributed by atoms with van der Waals surface area (Å²) in [6.07, 6.45) is 3.56. The molecular formula is C19H15N3. The van der Waals surface area contributed by atoms with E-state index in [1.165, 1.54) is 24.0 Å². The van der Waals surface area contributed by atoms with Crippen molar-refractivity contribution in [3.63, 3.8) is 0 Å². The summed E-state index contributed by atoms with van der Waals surface area (Å²) in [6, 6.07) is 20.6. The molecule has 0 spiro atoms. The second kappa shape index (κ2) is 5.16. The molecule has 1 aliphatic rings. The summed E-state index contributed by atoms with van der Waals surface area (Å²) in [7, 11) is 0. The largest absolute Gasteiger partial charge is 0.232 e. The van der Waals surface area contributed by atoms with Crippen molar-refractivity contribution in [1.29, 1.82) is 5.26 Å².